The first-order chi connectivity index (χ1) is 23.3. The highest BCUT2D eigenvalue weighted by molar-refractivity contribution is 8.27. The number of rotatable bonds is 8. The molecular formula is C37H28ClN5O3S2. The Bertz CT molecular complexity index is 2260. The molecule has 6 aromatic rings. The second-order valence-electron chi connectivity index (χ2n) is 11.0. The van der Waals surface area contributed by atoms with Gasteiger partial charge >= 0.3 is 0 Å². The summed E-state index contributed by atoms with van der Waals surface area (Å²) in [4.78, 5) is 29.5. The summed E-state index contributed by atoms with van der Waals surface area (Å²) < 4.78 is 11.3. The zero-order valence-corrected chi connectivity index (χ0v) is 28.3. The normalized spacial score (nSPS) is 13.9. The number of carbonyl (C=O) groups excluding carboxylic acids is 1. The molecule has 1 saturated heterocycles. The van der Waals surface area contributed by atoms with E-state index in [-0.39, 0.29) is 21.5 Å². The summed E-state index contributed by atoms with van der Waals surface area (Å²) in [6, 6.07) is 34.2. The predicted molar refractivity (Wildman–Crippen MR) is 196 cm³/mol. The number of hydrogen-bond acceptors (Lipinski definition) is 6. The Balaban J connectivity index is 1.23. The highest BCUT2D eigenvalue weighted by atomic mass is 35.5. The summed E-state index contributed by atoms with van der Waals surface area (Å²) in [5.41, 5.74) is 5.21. The number of hydrogen-bond donors (Lipinski definition) is 0. The van der Waals surface area contributed by atoms with Crippen LogP contribution in [0.2, 0.25) is 5.02 Å². The molecule has 1 fully saturated rings. The minimum absolute atomic E-state index is 0.236. The maximum Gasteiger partial charge on any atom is 0.296 e. The van der Waals surface area contributed by atoms with Crippen molar-refractivity contribution in [1.82, 2.24) is 19.1 Å². The lowest BCUT2D eigenvalue weighted by atomic mass is 10.1. The van der Waals surface area contributed by atoms with Crippen LogP contribution in [-0.2, 0) is 18.4 Å². The van der Waals surface area contributed by atoms with Crippen molar-refractivity contribution in [2.45, 2.75) is 13.5 Å². The van der Waals surface area contributed by atoms with Crippen LogP contribution >= 0.6 is 35.6 Å². The van der Waals surface area contributed by atoms with Crippen LogP contribution in [0.3, 0.4) is 0 Å². The van der Waals surface area contributed by atoms with Gasteiger partial charge in [-0.25, -0.2) is 9.36 Å². The molecule has 0 N–H and O–H groups in total. The maximum atomic E-state index is 14.0. The standard InChI is InChI=1S/C37H28ClN5O3S2/c1-24-34(36(45)43(40(24)2)29-14-7-4-8-15-29)42-35(44)32(48-37(42)47)21-27-22-41(28-12-5-3-6-13-28)39-33(27)25-17-19-30(20-18-25)46-23-26-11-9-10-16-31(26)38/h3-22H,23H2,1-2H3. The molecule has 0 bridgehead atoms. The third-order valence-electron chi connectivity index (χ3n) is 8.07. The number of amides is 1. The van der Waals surface area contributed by atoms with E-state index in [1.807, 2.05) is 122 Å². The number of para-hydroxylation sites is 2. The number of aromatic nitrogens is 4. The van der Waals surface area contributed by atoms with Crippen molar-refractivity contribution in [3.63, 3.8) is 0 Å². The number of carbonyl (C=O) groups is 1. The van der Waals surface area contributed by atoms with Crippen LogP contribution in [0, 0.1) is 6.92 Å². The SMILES string of the molecule is Cc1c(N2C(=O)C(=Cc3cn(-c4ccccc4)nc3-c3ccc(OCc4ccccc4Cl)cc3)SC2=S)c(=O)n(-c2ccccc2)n1C. The molecule has 0 spiro atoms. The zero-order chi connectivity index (χ0) is 33.4. The van der Waals surface area contributed by atoms with Crippen molar-refractivity contribution in [3.8, 4) is 28.4 Å². The van der Waals surface area contributed by atoms with Gasteiger partial charge in [0.25, 0.3) is 11.5 Å². The predicted octanol–water partition coefficient (Wildman–Crippen LogP) is 7.98. The molecule has 0 atom stereocenters. The molecule has 3 heterocycles. The van der Waals surface area contributed by atoms with E-state index < -0.39 is 0 Å². The van der Waals surface area contributed by atoms with E-state index in [9.17, 15) is 9.59 Å². The van der Waals surface area contributed by atoms with E-state index in [2.05, 4.69) is 0 Å². The Labute approximate surface area is 291 Å². The molecule has 4 aromatic carbocycles. The third-order valence-corrected chi connectivity index (χ3v) is 9.74. The van der Waals surface area contributed by atoms with Gasteiger partial charge in [-0.2, -0.15) is 5.10 Å². The van der Waals surface area contributed by atoms with Crippen molar-refractivity contribution < 1.29 is 9.53 Å². The van der Waals surface area contributed by atoms with Crippen LogP contribution in [0.15, 0.2) is 125 Å². The number of ether oxygens (including phenoxy) is 1. The fraction of sp³-hybridized carbons (Fsp3) is 0.0811. The third kappa shape index (κ3) is 5.90. The van der Waals surface area contributed by atoms with Crippen LogP contribution in [0.4, 0.5) is 5.69 Å². The Kier molecular flexibility index (Phi) is 8.62. The highest BCUT2D eigenvalue weighted by Gasteiger charge is 2.38. The lowest BCUT2D eigenvalue weighted by molar-refractivity contribution is -0.113. The largest absolute Gasteiger partial charge is 0.489 e. The van der Waals surface area contributed by atoms with Crippen LogP contribution in [-0.4, -0.2) is 29.4 Å². The molecule has 1 amide bonds. The molecule has 0 radical (unpaired) electrons. The number of anilines is 1. The Morgan fingerprint density at radius 1 is 0.875 bits per heavy atom. The van der Waals surface area contributed by atoms with E-state index in [1.165, 1.54) is 9.58 Å². The fourth-order valence-electron chi connectivity index (χ4n) is 5.53. The summed E-state index contributed by atoms with van der Waals surface area (Å²) in [5.74, 6) is 0.320. The van der Waals surface area contributed by atoms with Crippen LogP contribution in [0.5, 0.6) is 5.75 Å². The second kappa shape index (κ2) is 13.2. The van der Waals surface area contributed by atoms with Crippen molar-refractivity contribution in [3.05, 3.63) is 152 Å². The van der Waals surface area contributed by atoms with Gasteiger partial charge < -0.3 is 4.74 Å². The number of thioether (sulfide) groups is 1. The van der Waals surface area contributed by atoms with Crippen molar-refractivity contribution in [2.75, 3.05) is 4.90 Å². The molecule has 11 heteroatoms. The summed E-state index contributed by atoms with van der Waals surface area (Å²) in [6.07, 6.45) is 3.67. The minimum atomic E-state index is -0.363. The quantitative estimate of drug-likeness (QED) is 0.119. The molecule has 1 aliphatic rings. The first kappa shape index (κ1) is 31.4. The first-order valence-corrected chi connectivity index (χ1v) is 16.6. The number of benzene rings is 4. The topological polar surface area (TPSA) is 74.3 Å². The number of halogens is 1. The molecule has 0 aliphatic carbocycles. The summed E-state index contributed by atoms with van der Waals surface area (Å²) in [5, 5.41) is 5.57. The van der Waals surface area contributed by atoms with Gasteiger partial charge in [-0.05, 0) is 67.6 Å². The van der Waals surface area contributed by atoms with Crippen molar-refractivity contribution in [1.29, 1.82) is 0 Å². The van der Waals surface area contributed by atoms with Gasteiger partial charge in [-0.3, -0.25) is 19.2 Å². The van der Waals surface area contributed by atoms with Gasteiger partial charge in [0.2, 0.25) is 0 Å². The molecule has 8 nitrogen and oxygen atoms in total. The van der Waals surface area contributed by atoms with Gasteiger partial charge in [0.15, 0.2) is 4.32 Å². The summed E-state index contributed by atoms with van der Waals surface area (Å²) >= 11 is 13.2. The number of nitrogens with zero attached hydrogens (tertiary/aromatic N) is 5. The van der Waals surface area contributed by atoms with E-state index in [0.29, 0.717) is 39.4 Å². The molecule has 2 aromatic heterocycles. The Hall–Kier alpha value is -5.16. The summed E-state index contributed by atoms with van der Waals surface area (Å²) in [7, 11) is 1.79. The molecule has 238 valence electrons. The van der Waals surface area contributed by atoms with E-state index in [0.717, 1.165) is 34.1 Å². The molecule has 48 heavy (non-hydrogen) atoms. The maximum absolute atomic E-state index is 14.0. The minimum Gasteiger partial charge on any atom is -0.489 e. The molecule has 1 aliphatic heterocycles. The van der Waals surface area contributed by atoms with Gasteiger partial charge in [0.1, 0.15) is 18.0 Å². The average molecular weight is 690 g/mol. The van der Waals surface area contributed by atoms with E-state index in [1.54, 1.807) is 22.5 Å². The first-order valence-electron chi connectivity index (χ1n) is 15.0. The van der Waals surface area contributed by atoms with Gasteiger partial charge in [-0.1, -0.05) is 90.2 Å². The Morgan fingerprint density at radius 2 is 1.52 bits per heavy atom. The van der Waals surface area contributed by atoms with Gasteiger partial charge in [0.05, 0.1) is 27.7 Å². The molecule has 0 unspecified atom stereocenters. The lowest BCUT2D eigenvalue weighted by Crippen LogP contribution is -2.33. The smallest absolute Gasteiger partial charge is 0.296 e. The monoisotopic (exact) mass is 689 g/mol. The second-order valence-corrected chi connectivity index (χ2v) is 13.1. The van der Waals surface area contributed by atoms with E-state index in [4.69, 9.17) is 33.7 Å². The fourth-order valence-corrected chi connectivity index (χ4v) is 6.98. The van der Waals surface area contributed by atoms with E-state index >= 15 is 0 Å². The van der Waals surface area contributed by atoms with Crippen LogP contribution in [0.25, 0.3) is 28.7 Å². The van der Waals surface area contributed by atoms with Crippen LogP contribution in [0.1, 0.15) is 16.8 Å². The number of thiocarbonyl (C=S) groups is 1. The summed E-state index contributed by atoms with van der Waals surface area (Å²) in [6.45, 7) is 2.15. The molecule has 0 saturated carbocycles. The Morgan fingerprint density at radius 3 is 2.21 bits per heavy atom. The van der Waals surface area contributed by atoms with Crippen LogP contribution < -0.4 is 15.2 Å². The molecule has 7 rings (SSSR count). The lowest BCUT2D eigenvalue weighted by Gasteiger charge is -2.12. The van der Waals surface area contributed by atoms with Gasteiger partial charge in [0, 0.05) is 35.0 Å². The van der Waals surface area contributed by atoms with Crippen molar-refractivity contribution in [2.24, 2.45) is 7.05 Å². The molecular weight excluding hydrogens is 662 g/mol. The average Bonchev–Trinajstić information content (AvgIpc) is 3.72. The van der Waals surface area contributed by atoms with Crippen molar-refractivity contribution >= 4 is 57.6 Å². The highest BCUT2D eigenvalue weighted by Crippen LogP contribution is 2.38. The zero-order valence-electron chi connectivity index (χ0n) is 25.9. The van der Waals surface area contributed by atoms with Gasteiger partial charge in [-0.15, -0.1) is 0 Å².